The van der Waals surface area contributed by atoms with Crippen molar-refractivity contribution in [1.82, 2.24) is 30.4 Å². The molecule has 0 spiro atoms. The van der Waals surface area contributed by atoms with Crippen molar-refractivity contribution >= 4 is 46.2 Å². The standard InChI is InChI=1S/C64H86N8O8S/c1-11-71(52-20-27-78-28-21-52)55-36-50(35-53(45(55)6)61(75)65-37-54-43(4)33-44(5)67-62(54)76)48-16-18-51(19-17-48)70-24-22-69(23-25-70)26-29-79-30-31-80-39-58(74)68-60(64(8,9)10)63(77)72-38-41(2)32-56(72)57(73)34-42(3)47-12-14-49(15-13-47)59-46(7)66-40-81-59/h12-19,33,35-36,40-42,52,56,60H,11,20-32,34,37-39H2,1-10H3,(H,65,75)(H,67,76)(H,68,74)/t41-,42-,56+,60-/m1/s1. The number of likely N-dealkylation sites (tertiary alicyclic amines) is 1. The average molecular weight is 1130 g/mol. The zero-order valence-electron chi connectivity index (χ0n) is 49.5. The number of hydrogen-bond donors (Lipinski definition) is 3. The predicted octanol–water partition coefficient (Wildman–Crippen LogP) is 9.02. The number of aromatic nitrogens is 2. The minimum atomic E-state index is -0.831. The number of aryl methyl sites for hydroxylation is 3. The minimum absolute atomic E-state index is 0.0204. The molecule has 5 heterocycles. The highest BCUT2D eigenvalue weighted by Crippen LogP contribution is 2.36. The number of piperazine rings is 1. The summed E-state index contributed by atoms with van der Waals surface area (Å²) in [6, 6.07) is 22.0. The van der Waals surface area contributed by atoms with Gasteiger partial charge in [0.2, 0.25) is 11.8 Å². The number of ketones is 1. The van der Waals surface area contributed by atoms with Gasteiger partial charge < -0.3 is 44.5 Å². The Morgan fingerprint density at radius 3 is 2.23 bits per heavy atom. The molecule has 0 aliphatic carbocycles. The minimum Gasteiger partial charge on any atom is -0.381 e. The first-order valence-corrected chi connectivity index (χ1v) is 30.0. The Bertz CT molecular complexity index is 3010. The van der Waals surface area contributed by atoms with Gasteiger partial charge in [0, 0.05) is 106 Å². The Morgan fingerprint density at radius 2 is 1.58 bits per heavy atom. The lowest BCUT2D eigenvalue weighted by Crippen LogP contribution is -2.57. The molecule has 3 aliphatic rings. The van der Waals surface area contributed by atoms with Crippen LogP contribution in [0.25, 0.3) is 21.6 Å². The lowest BCUT2D eigenvalue weighted by molar-refractivity contribution is -0.144. The molecule has 0 unspecified atom stereocenters. The van der Waals surface area contributed by atoms with Crippen molar-refractivity contribution in [1.29, 1.82) is 0 Å². The summed E-state index contributed by atoms with van der Waals surface area (Å²) in [7, 11) is 0. The van der Waals surface area contributed by atoms with Crippen LogP contribution in [0.2, 0.25) is 0 Å². The van der Waals surface area contributed by atoms with Gasteiger partial charge in [-0.1, -0.05) is 71.0 Å². The number of thiazole rings is 1. The van der Waals surface area contributed by atoms with Crippen LogP contribution in [0.15, 0.2) is 77.0 Å². The van der Waals surface area contributed by atoms with Crippen LogP contribution >= 0.6 is 11.3 Å². The Kier molecular flexibility index (Phi) is 20.8. The summed E-state index contributed by atoms with van der Waals surface area (Å²) in [5.41, 5.74) is 12.1. The molecule has 3 aliphatic heterocycles. The number of nitrogens with zero attached hydrogens (tertiary/aromatic N) is 5. The first-order valence-electron chi connectivity index (χ1n) is 29.1. The van der Waals surface area contributed by atoms with Gasteiger partial charge in [-0.15, -0.1) is 11.3 Å². The third-order valence-corrected chi connectivity index (χ3v) is 17.5. The van der Waals surface area contributed by atoms with Crippen LogP contribution in [0.1, 0.15) is 117 Å². The SMILES string of the molecule is CCN(c1cc(-c2ccc(N3CCN(CCOCCOCC(=O)N[C@H](C(=O)N4C[C@H](C)C[C@H]4C(=O)C[C@@H](C)c4ccc(-c5scnc5C)cc4)C(C)(C)C)CC3)cc2)cc(C(=O)NCc2c(C)cc(C)[nH]c2=O)c1C)C1CCOCC1. The maximum Gasteiger partial charge on any atom is 0.253 e. The topological polar surface area (TPSA) is 179 Å². The largest absolute Gasteiger partial charge is 0.381 e. The van der Waals surface area contributed by atoms with Crippen LogP contribution in [-0.2, 0) is 35.1 Å². The van der Waals surface area contributed by atoms with Gasteiger partial charge in [0.25, 0.3) is 11.5 Å². The van der Waals surface area contributed by atoms with Gasteiger partial charge in [0.1, 0.15) is 12.6 Å². The first kappa shape index (κ1) is 60.8. The number of benzene rings is 3. The number of rotatable bonds is 23. The first-order chi connectivity index (χ1) is 38.8. The maximum absolute atomic E-state index is 14.3. The van der Waals surface area contributed by atoms with Crippen molar-refractivity contribution in [3.05, 3.63) is 122 Å². The number of amides is 3. The predicted molar refractivity (Wildman–Crippen MR) is 322 cm³/mol. The number of hydrogen-bond acceptors (Lipinski definition) is 13. The number of Topliss-reactive ketones (excluding diaryl/α,β-unsaturated/α-hetero) is 1. The summed E-state index contributed by atoms with van der Waals surface area (Å²) in [4.78, 5) is 85.7. The summed E-state index contributed by atoms with van der Waals surface area (Å²) in [6.07, 6.45) is 2.76. The fraction of sp³-hybridized carbons (Fsp3) is 0.531. The molecular weight excluding hydrogens is 1040 g/mol. The number of aromatic amines is 1. The van der Waals surface area contributed by atoms with E-state index >= 15 is 0 Å². The van der Waals surface area contributed by atoms with E-state index in [1.165, 1.54) is 0 Å². The quantitative estimate of drug-likeness (QED) is 0.0530. The van der Waals surface area contributed by atoms with Gasteiger partial charge in [-0.2, -0.15) is 0 Å². The third-order valence-electron chi connectivity index (χ3n) is 16.5. The van der Waals surface area contributed by atoms with Gasteiger partial charge in [0.15, 0.2) is 5.78 Å². The zero-order valence-corrected chi connectivity index (χ0v) is 50.3. The Balaban J connectivity index is 0.775. The molecule has 4 atom stereocenters. The van der Waals surface area contributed by atoms with Gasteiger partial charge >= 0.3 is 0 Å². The molecule has 0 saturated carbocycles. The van der Waals surface area contributed by atoms with Gasteiger partial charge in [-0.25, -0.2) is 4.98 Å². The van der Waals surface area contributed by atoms with E-state index < -0.39 is 17.5 Å². The highest BCUT2D eigenvalue weighted by Gasteiger charge is 2.44. The second-order valence-corrected chi connectivity index (χ2v) is 24.5. The summed E-state index contributed by atoms with van der Waals surface area (Å²) >= 11 is 1.61. The number of carbonyl (C=O) groups is 4. The summed E-state index contributed by atoms with van der Waals surface area (Å²) < 4.78 is 17.4. The highest BCUT2D eigenvalue weighted by molar-refractivity contribution is 7.13. The number of ether oxygens (including phenoxy) is 3. The van der Waals surface area contributed by atoms with Crippen molar-refractivity contribution in [3.63, 3.8) is 0 Å². The Hall–Kier alpha value is -6.24. The molecule has 17 heteroatoms. The third kappa shape index (κ3) is 15.5. The second kappa shape index (κ2) is 27.7. The van der Waals surface area contributed by atoms with E-state index in [-0.39, 0.29) is 60.7 Å². The molecule has 3 aromatic carbocycles. The molecule has 16 nitrogen and oxygen atoms in total. The molecule has 3 saturated heterocycles. The molecule has 436 valence electrons. The van der Waals surface area contributed by atoms with E-state index in [1.54, 1.807) is 16.2 Å². The lowest BCUT2D eigenvalue weighted by atomic mass is 9.85. The van der Waals surface area contributed by atoms with Gasteiger partial charge in [0.05, 0.1) is 41.9 Å². The molecule has 3 amide bonds. The van der Waals surface area contributed by atoms with E-state index in [9.17, 15) is 24.0 Å². The van der Waals surface area contributed by atoms with E-state index in [2.05, 4.69) is 111 Å². The number of H-pyrrole nitrogens is 1. The lowest BCUT2D eigenvalue weighted by Gasteiger charge is -2.37. The van der Waals surface area contributed by atoms with E-state index in [1.807, 2.05) is 66.1 Å². The summed E-state index contributed by atoms with van der Waals surface area (Å²) in [5.74, 6) is -0.658. The Morgan fingerprint density at radius 1 is 0.889 bits per heavy atom. The van der Waals surface area contributed by atoms with Gasteiger partial charge in [-0.05, 0) is 135 Å². The molecule has 0 bridgehead atoms. The number of anilines is 2. The smallest absolute Gasteiger partial charge is 0.253 e. The van der Waals surface area contributed by atoms with E-state index in [0.29, 0.717) is 63.0 Å². The fourth-order valence-corrected chi connectivity index (χ4v) is 12.6. The number of nitrogens with one attached hydrogen (secondary N) is 3. The number of carbonyl (C=O) groups excluding carboxylic acids is 4. The van der Waals surface area contributed by atoms with E-state index in [0.717, 1.165) is 113 Å². The molecule has 2 aromatic heterocycles. The molecule has 81 heavy (non-hydrogen) atoms. The molecule has 0 radical (unpaired) electrons. The van der Waals surface area contributed by atoms with Crippen molar-refractivity contribution in [2.45, 2.75) is 126 Å². The van der Waals surface area contributed by atoms with Crippen molar-refractivity contribution in [2.75, 3.05) is 95.3 Å². The second-order valence-electron chi connectivity index (χ2n) is 23.6. The van der Waals surface area contributed by atoms with Crippen molar-refractivity contribution < 1.29 is 33.4 Å². The van der Waals surface area contributed by atoms with Crippen LogP contribution in [0.3, 0.4) is 0 Å². The zero-order chi connectivity index (χ0) is 58.0. The Labute approximate surface area is 483 Å². The molecule has 3 fully saturated rings. The van der Waals surface area contributed by atoms with Crippen molar-refractivity contribution in [3.8, 4) is 21.6 Å². The van der Waals surface area contributed by atoms with E-state index in [4.69, 9.17) is 14.2 Å². The summed E-state index contributed by atoms with van der Waals surface area (Å²) in [6.45, 7) is 27.8. The highest BCUT2D eigenvalue weighted by atomic mass is 32.1. The molecular formula is C64H86N8O8S. The molecule has 3 N–H and O–H groups in total. The monoisotopic (exact) mass is 1130 g/mol. The molecule has 8 rings (SSSR count). The summed E-state index contributed by atoms with van der Waals surface area (Å²) in [5, 5.41) is 6.02. The average Bonchev–Trinajstić information content (AvgIpc) is 4.29. The molecule has 5 aromatic rings. The van der Waals surface area contributed by atoms with Crippen LogP contribution in [0, 0.1) is 39.0 Å². The number of pyridine rings is 1. The van der Waals surface area contributed by atoms with Crippen molar-refractivity contribution in [2.24, 2.45) is 11.3 Å². The fourth-order valence-electron chi connectivity index (χ4n) is 11.8. The van der Waals surface area contributed by atoms with Crippen LogP contribution in [0.5, 0.6) is 0 Å². The van der Waals surface area contributed by atoms with Crippen LogP contribution in [-0.4, -0.2) is 147 Å². The van der Waals surface area contributed by atoms with Crippen LogP contribution < -0.4 is 26.0 Å². The normalized spacial score (nSPS) is 18.0. The maximum atomic E-state index is 14.3. The van der Waals surface area contributed by atoms with Gasteiger partial charge in [-0.3, -0.25) is 28.9 Å². The van der Waals surface area contributed by atoms with Crippen LogP contribution in [0.4, 0.5) is 11.4 Å².